The van der Waals surface area contributed by atoms with Crippen LogP contribution in [0.3, 0.4) is 0 Å². The third-order valence-corrected chi connectivity index (χ3v) is 4.63. The summed E-state index contributed by atoms with van der Waals surface area (Å²) < 4.78 is 1.35. The molecular weight excluding hydrogens is 304 g/mol. The molecule has 1 atom stereocenters. The van der Waals surface area contributed by atoms with Crippen molar-refractivity contribution in [2.24, 2.45) is 0 Å². The van der Waals surface area contributed by atoms with Gasteiger partial charge in [-0.15, -0.1) is 0 Å². The molecule has 1 fully saturated rings. The fourth-order valence-electron chi connectivity index (χ4n) is 3.16. The molecule has 0 aliphatic carbocycles. The molecule has 134 valence electrons. The first-order valence-corrected chi connectivity index (χ1v) is 9.22. The van der Waals surface area contributed by atoms with Gasteiger partial charge in [-0.05, 0) is 58.2 Å². The Hall–Kier alpha value is -1.69. The van der Waals surface area contributed by atoms with E-state index >= 15 is 0 Å². The molecule has 2 rings (SSSR count). The van der Waals surface area contributed by atoms with E-state index in [-0.39, 0.29) is 11.5 Å². The Kier molecular flexibility index (Phi) is 7.43. The van der Waals surface area contributed by atoms with Gasteiger partial charge in [0.1, 0.15) is 5.69 Å². The van der Waals surface area contributed by atoms with Gasteiger partial charge >= 0.3 is 0 Å². The number of aryl methyl sites for hydroxylation is 1. The van der Waals surface area contributed by atoms with E-state index in [1.54, 1.807) is 0 Å². The zero-order valence-electron chi connectivity index (χ0n) is 15.0. The van der Waals surface area contributed by atoms with E-state index in [1.165, 1.54) is 42.6 Å². The monoisotopic (exact) mass is 334 g/mol. The third-order valence-electron chi connectivity index (χ3n) is 4.63. The molecule has 0 bridgehead atoms. The first-order chi connectivity index (χ1) is 11.6. The number of piperidine rings is 1. The maximum absolute atomic E-state index is 12.1. The Morgan fingerprint density at radius 2 is 2.12 bits per heavy atom. The van der Waals surface area contributed by atoms with Crippen LogP contribution in [0.1, 0.15) is 62.9 Å². The third kappa shape index (κ3) is 5.44. The molecule has 0 saturated carbocycles. The van der Waals surface area contributed by atoms with E-state index in [1.807, 2.05) is 6.92 Å². The van der Waals surface area contributed by atoms with Crippen LogP contribution in [0.25, 0.3) is 0 Å². The van der Waals surface area contributed by atoms with Crippen molar-refractivity contribution in [3.8, 4) is 0 Å². The quantitative estimate of drug-likeness (QED) is 0.739. The van der Waals surface area contributed by atoms with Gasteiger partial charge in [-0.3, -0.25) is 9.59 Å². The molecule has 1 amide bonds. The molecular formula is C18H30N4O2. The molecule has 0 spiro atoms. The minimum Gasteiger partial charge on any atom is -0.351 e. The number of hydrogen-bond acceptors (Lipinski definition) is 4. The second-order valence-electron chi connectivity index (χ2n) is 6.62. The van der Waals surface area contributed by atoms with Gasteiger partial charge in [0.15, 0.2) is 0 Å². The fraction of sp³-hybridized carbons (Fsp3) is 0.722. The van der Waals surface area contributed by atoms with Crippen LogP contribution < -0.4 is 10.9 Å². The molecule has 2 heterocycles. The van der Waals surface area contributed by atoms with Crippen LogP contribution in [-0.2, 0) is 6.54 Å². The van der Waals surface area contributed by atoms with E-state index < -0.39 is 0 Å². The molecule has 1 aliphatic rings. The number of unbranched alkanes of at least 4 members (excludes halogenated alkanes) is 1. The van der Waals surface area contributed by atoms with Gasteiger partial charge in [0.05, 0.1) is 0 Å². The minimum atomic E-state index is -0.203. The number of rotatable bonds is 8. The van der Waals surface area contributed by atoms with Crippen molar-refractivity contribution in [1.82, 2.24) is 20.0 Å². The summed E-state index contributed by atoms with van der Waals surface area (Å²) in [5, 5.41) is 7.03. The second kappa shape index (κ2) is 9.57. The largest absolute Gasteiger partial charge is 0.351 e. The Labute approximate surface area is 144 Å². The average molecular weight is 334 g/mol. The van der Waals surface area contributed by atoms with Crippen molar-refractivity contribution < 1.29 is 4.79 Å². The number of amides is 1. The van der Waals surface area contributed by atoms with E-state index in [0.717, 1.165) is 25.8 Å². The highest BCUT2D eigenvalue weighted by Crippen LogP contribution is 2.16. The number of aromatic nitrogens is 2. The Bertz CT molecular complexity index is 585. The minimum absolute atomic E-state index is 0.163. The Morgan fingerprint density at radius 1 is 1.29 bits per heavy atom. The molecule has 0 radical (unpaired) electrons. The lowest BCUT2D eigenvalue weighted by Crippen LogP contribution is -2.38. The molecule has 0 aromatic carbocycles. The lowest BCUT2D eigenvalue weighted by molar-refractivity contribution is 0.0944. The molecule has 1 aromatic rings. The molecule has 1 aliphatic heterocycles. The highest BCUT2D eigenvalue weighted by molar-refractivity contribution is 5.91. The summed E-state index contributed by atoms with van der Waals surface area (Å²) in [6.45, 7) is 7.78. The summed E-state index contributed by atoms with van der Waals surface area (Å²) >= 11 is 0. The maximum atomic E-state index is 12.1. The van der Waals surface area contributed by atoms with Crippen LogP contribution >= 0.6 is 0 Å². The van der Waals surface area contributed by atoms with Crippen LogP contribution in [0.4, 0.5) is 0 Å². The van der Waals surface area contributed by atoms with Crippen molar-refractivity contribution in [1.29, 1.82) is 0 Å². The summed E-state index contributed by atoms with van der Waals surface area (Å²) in [6, 6.07) is 3.60. The lowest BCUT2D eigenvalue weighted by atomic mass is 10.0. The van der Waals surface area contributed by atoms with Gasteiger partial charge in [0.2, 0.25) is 0 Å². The lowest BCUT2D eigenvalue weighted by Gasteiger charge is -2.33. The number of carbonyl (C=O) groups is 1. The molecule has 1 saturated heterocycles. The van der Waals surface area contributed by atoms with Gasteiger partial charge in [-0.1, -0.05) is 13.3 Å². The highest BCUT2D eigenvalue weighted by Gasteiger charge is 2.17. The predicted molar refractivity (Wildman–Crippen MR) is 95.2 cm³/mol. The van der Waals surface area contributed by atoms with Gasteiger partial charge in [-0.25, -0.2) is 4.68 Å². The van der Waals surface area contributed by atoms with E-state index in [2.05, 4.69) is 22.2 Å². The second-order valence-corrected chi connectivity index (χ2v) is 6.62. The molecule has 6 nitrogen and oxygen atoms in total. The van der Waals surface area contributed by atoms with Crippen molar-refractivity contribution in [3.63, 3.8) is 0 Å². The fourth-order valence-corrected chi connectivity index (χ4v) is 3.16. The molecule has 24 heavy (non-hydrogen) atoms. The first-order valence-electron chi connectivity index (χ1n) is 9.22. The van der Waals surface area contributed by atoms with E-state index in [0.29, 0.717) is 24.8 Å². The van der Waals surface area contributed by atoms with Crippen molar-refractivity contribution in [2.45, 2.75) is 65.0 Å². The standard InChI is InChI=1S/C18H30N4O2/c1-3-12-22-17(23)10-9-16(20-22)18(24)19-11-5-7-14-21-13-6-4-8-15(21)2/h9-10,15H,3-8,11-14H2,1-2H3,(H,19,24)/t15-/m1/s1. The SMILES string of the molecule is CCCn1nc(C(=O)NCCCCN2CCCC[C@H]2C)ccc1=O. The topological polar surface area (TPSA) is 67.2 Å². The van der Waals surface area contributed by atoms with E-state index in [9.17, 15) is 9.59 Å². The number of carbonyl (C=O) groups excluding carboxylic acids is 1. The number of nitrogens with one attached hydrogen (secondary N) is 1. The van der Waals surface area contributed by atoms with Crippen molar-refractivity contribution in [3.05, 3.63) is 28.2 Å². The summed E-state index contributed by atoms with van der Waals surface area (Å²) in [6.07, 6.45) is 6.82. The zero-order valence-corrected chi connectivity index (χ0v) is 15.0. The van der Waals surface area contributed by atoms with Gasteiger partial charge in [0, 0.05) is 25.2 Å². The molecule has 6 heteroatoms. The predicted octanol–water partition coefficient (Wildman–Crippen LogP) is 2.04. The Morgan fingerprint density at radius 3 is 2.88 bits per heavy atom. The first kappa shape index (κ1) is 18.6. The Balaban J connectivity index is 1.71. The average Bonchev–Trinajstić information content (AvgIpc) is 2.58. The molecule has 1 aromatic heterocycles. The van der Waals surface area contributed by atoms with Crippen molar-refractivity contribution in [2.75, 3.05) is 19.6 Å². The maximum Gasteiger partial charge on any atom is 0.271 e. The van der Waals surface area contributed by atoms with Gasteiger partial charge in [0.25, 0.3) is 11.5 Å². The summed E-state index contributed by atoms with van der Waals surface area (Å²) in [7, 11) is 0. The summed E-state index contributed by atoms with van der Waals surface area (Å²) in [5.41, 5.74) is 0.150. The van der Waals surface area contributed by atoms with Gasteiger partial charge < -0.3 is 10.2 Å². The smallest absolute Gasteiger partial charge is 0.271 e. The van der Waals surface area contributed by atoms with Crippen LogP contribution in [0.2, 0.25) is 0 Å². The number of hydrogen-bond donors (Lipinski definition) is 1. The van der Waals surface area contributed by atoms with Crippen LogP contribution in [-0.4, -0.2) is 46.3 Å². The normalized spacial score (nSPS) is 18.5. The number of likely N-dealkylation sites (tertiary alicyclic amines) is 1. The van der Waals surface area contributed by atoms with Crippen molar-refractivity contribution >= 4 is 5.91 Å². The molecule has 1 N–H and O–H groups in total. The number of nitrogens with zero attached hydrogens (tertiary/aromatic N) is 3. The summed E-state index contributed by atoms with van der Waals surface area (Å²) in [4.78, 5) is 26.3. The van der Waals surface area contributed by atoms with Gasteiger partial charge in [-0.2, -0.15) is 5.10 Å². The highest BCUT2D eigenvalue weighted by atomic mass is 16.2. The van der Waals surface area contributed by atoms with Crippen LogP contribution in [0.15, 0.2) is 16.9 Å². The van der Waals surface area contributed by atoms with Crippen LogP contribution in [0, 0.1) is 0 Å². The van der Waals surface area contributed by atoms with E-state index in [4.69, 9.17) is 0 Å². The summed E-state index contributed by atoms with van der Waals surface area (Å²) in [5.74, 6) is -0.203. The zero-order chi connectivity index (χ0) is 17.4. The van der Waals surface area contributed by atoms with Crippen LogP contribution in [0.5, 0.6) is 0 Å². The molecule has 0 unspecified atom stereocenters.